The smallest absolute Gasteiger partial charge is 1.00 e. The van der Waals surface area contributed by atoms with E-state index < -0.39 is 10.1 Å². The third-order valence-electron chi connectivity index (χ3n) is 1.60. The Morgan fingerprint density at radius 3 is 2.14 bits per heavy atom. The number of benzene rings is 1. The van der Waals surface area contributed by atoms with Gasteiger partial charge in [0, 0.05) is 5.33 Å². The van der Waals surface area contributed by atoms with Gasteiger partial charge in [-0.25, -0.2) is 0 Å². The first kappa shape index (κ1) is 14.6. The van der Waals surface area contributed by atoms with E-state index in [2.05, 4.69) is 15.9 Å². The van der Waals surface area contributed by atoms with Crippen molar-refractivity contribution in [3.8, 4) is 0 Å². The van der Waals surface area contributed by atoms with Crippen LogP contribution in [-0.4, -0.2) is 18.3 Å². The summed E-state index contributed by atoms with van der Waals surface area (Å²) in [6.45, 7) is 0. The van der Waals surface area contributed by atoms with Crippen LogP contribution in [0, 0.1) is 0 Å². The van der Waals surface area contributed by atoms with Crippen molar-refractivity contribution in [1.29, 1.82) is 0 Å². The van der Waals surface area contributed by atoms with Gasteiger partial charge in [0.05, 0.1) is 4.90 Å². The minimum Gasteiger partial charge on any atom is -1.00 e. The van der Waals surface area contributed by atoms with Crippen LogP contribution < -0.4 is 29.6 Å². The van der Waals surface area contributed by atoms with Gasteiger partial charge in [-0.1, -0.05) is 28.1 Å². The molecule has 0 fully saturated rings. The van der Waals surface area contributed by atoms with Crippen LogP contribution in [0.15, 0.2) is 29.2 Å². The molecule has 0 unspecified atom stereocenters. The molecule has 0 aliphatic rings. The van der Waals surface area contributed by atoms with Crippen molar-refractivity contribution in [3.63, 3.8) is 0 Å². The fraction of sp³-hybridized carbons (Fsp3) is 0.250. The fourth-order valence-corrected chi connectivity index (χ4v) is 1.88. The number of aryl methyl sites for hydroxylation is 1. The molecule has 0 aromatic heterocycles. The number of rotatable bonds is 3. The summed E-state index contributed by atoms with van der Waals surface area (Å²) >= 11 is 3.28. The van der Waals surface area contributed by atoms with Crippen molar-refractivity contribution in [3.05, 3.63) is 29.8 Å². The number of hydrogen-bond acceptors (Lipinski definition) is 2. The molecular formula is C8H10BrNaO3S. The zero-order valence-electron chi connectivity index (χ0n) is 8.77. The van der Waals surface area contributed by atoms with Gasteiger partial charge in [0.25, 0.3) is 10.1 Å². The van der Waals surface area contributed by atoms with E-state index in [1.165, 1.54) is 12.1 Å². The van der Waals surface area contributed by atoms with Gasteiger partial charge in [-0.15, -0.1) is 0 Å². The van der Waals surface area contributed by atoms with Crippen LogP contribution in [0.4, 0.5) is 0 Å². The summed E-state index contributed by atoms with van der Waals surface area (Å²) < 4.78 is 30.0. The SMILES string of the molecule is O=S(=O)(O)c1ccc(CCBr)cc1.[H-].[Na+]. The summed E-state index contributed by atoms with van der Waals surface area (Å²) in [5.41, 5.74) is 1.03. The first-order valence-electron chi connectivity index (χ1n) is 3.66. The Morgan fingerprint density at radius 1 is 1.29 bits per heavy atom. The molecule has 0 radical (unpaired) electrons. The molecule has 0 amide bonds. The largest absolute Gasteiger partial charge is 1.00 e. The van der Waals surface area contributed by atoms with Gasteiger partial charge in [-0.3, -0.25) is 4.55 Å². The topological polar surface area (TPSA) is 54.4 Å². The molecule has 0 saturated heterocycles. The summed E-state index contributed by atoms with van der Waals surface area (Å²) in [5.74, 6) is 0. The van der Waals surface area contributed by atoms with E-state index in [9.17, 15) is 8.42 Å². The molecule has 3 nitrogen and oxygen atoms in total. The fourth-order valence-electron chi connectivity index (χ4n) is 0.937. The molecule has 0 aliphatic heterocycles. The Labute approximate surface area is 116 Å². The van der Waals surface area contributed by atoms with Crippen LogP contribution in [0.2, 0.25) is 0 Å². The van der Waals surface area contributed by atoms with Crippen molar-refractivity contribution in [2.75, 3.05) is 5.33 Å². The molecule has 1 N–H and O–H groups in total. The third-order valence-corrected chi connectivity index (χ3v) is 2.87. The summed E-state index contributed by atoms with van der Waals surface area (Å²) in [6, 6.07) is 6.16. The molecule has 74 valence electrons. The molecule has 0 spiro atoms. The van der Waals surface area contributed by atoms with E-state index in [0.717, 1.165) is 17.3 Å². The van der Waals surface area contributed by atoms with Crippen molar-refractivity contribution in [2.24, 2.45) is 0 Å². The minimum atomic E-state index is -4.05. The van der Waals surface area contributed by atoms with Crippen molar-refractivity contribution < 1.29 is 44.0 Å². The quantitative estimate of drug-likeness (QED) is 0.440. The molecule has 14 heavy (non-hydrogen) atoms. The van der Waals surface area contributed by atoms with Gasteiger partial charge in [0.1, 0.15) is 0 Å². The molecule has 0 heterocycles. The number of halogens is 1. The van der Waals surface area contributed by atoms with E-state index in [4.69, 9.17) is 4.55 Å². The molecule has 1 aromatic carbocycles. The number of alkyl halides is 1. The van der Waals surface area contributed by atoms with Crippen LogP contribution in [0.5, 0.6) is 0 Å². The molecule has 0 aliphatic carbocycles. The van der Waals surface area contributed by atoms with Gasteiger partial charge in [-0.2, -0.15) is 8.42 Å². The maximum atomic E-state index is 10.6. The molecule has 0 saturated carbocycles. The maximum Gasteiger partial charge on any atom is 1.00 e. The molecule has 0 bridgehead atoms. The first-order valence-corrected chi connectivity index (χ1v) is 6.22. The van der Waals surface area contributed by atoms with Crippen LogP contribution >= 0.6 is 15.9 Å². The number of hydrogen-bond donors (Lipinski definition) is 1. The molecule has 6 heteroatoms. The van der Waals surface area contributed by atoms with E-state index in [1.54, 1.807) is 12.1 Å². The average Bonchev–Trinajstić information content (AvgIpc) is 2.04. The standard InChI is InChI=1S/C8H9BrO3S.Na.H/c9-6-5-7-1-3-8(4-2-7)13(10,11)12;;/h1-4H,5-6H2,(H,10,11,12);;/q;+1;-1. The van der Waals surface area contributed by atoms with Gasteiger partial charge < -0.3 is 1.43 Å². The Morgan fingerprint density at radius 2 is 1.79 bits per heavy atom. The summed E-state index contributed by atoms with van der Waals surface area (Å²) in [7, 11) is -4.05. The molecule has 0 atom stereocenters. The Kier molecular flexibility index (Phi) is 6.52. The summed E-state index contributed by atoms with van der Waals surface area (Å²) in [5, 5.41) is 0.832. The van der Waals surface area contributed by atoms with Crippen LogP contribution in [-0.2, 0) is 16.5 Å². The van der Waals surface area contributed by atoms with E-state index in [1.807, 2.05) is 0 Å². The third kappa shape index (κ3) is 4.42. The Balaban J connectivity index is 0. The zero-order chi connectivity index (χ0) is 9.90. The molecular weight excluding hydrogens is 279 g/mol. The van der Waals surface area contributed by atoms with Gasteiger partial charge in [0.2, 0.25) is 0 Å². The second-order valence-electron chi connectivity index (χ2n) is 2.56. The van der Waals surface area contributed by atoms with Crippen molar-refractivity contribution in [2.45, 2.75) is 11.3 Å². The monoisotopic (exact) mass is 288 g/mol. The van der Waals surface area contributed by atoms with Gasteiger partial charge in [0.15, 0.2) is 0 Å². The van der Waals surface area contributed by atoms with Gasteiger partial charge >= 0.3 is 29.6 Å². The Hall–Kier alpha value is 0.610. The average molecular weight is 289 g/mol. The second-order valence-corrected chi connectivity index (χ2v) is 4.77. The Bertz CT molecular complexity index is 379. The van der Waals surface area contributed by atoms with E-state index >= 15 is 0 Å². The van der Waals surface area contributed by atoms with Crippen molar-refractivity contribution >= 4 is 26.0 Å². The summed E-state index contributed by atoms with van der Waals surface area (Å²) in [6.07, 6.45) is 0.839. The predicted octanol–water partition coefficient (Wildman–Crippen LogP) is -1.01. The second kappa shape index (κ2) is 6.25. The zero-order valence-corrected chi connectivity index (χ0v) is 12.2. The van der Waals surface area contributed by atoms with E-state index in [0.29, 0.717) is 0 Å². The van der Waals surface area contributed by atoms with E-state index in [-0.39, 0.29) is 35.9 Å². The van der Waals surface area contributed by atoms with Gasteiger partial charge in [-0.05, 0) is 24.1 Å². The normalized spacial score (nSPS) is 10.7. The first-order chi connectivity index (χ1) is 6.04. The van der Waals surface area contributed by atoms with Crippen LogP contribution in [0.3, 0.4) is 0 Å². The van der Waals surface area contributed by atoms with Crippen LogP contribution in [0.1, 0.15) is 6.99 Å². The van der Waals surface area contributed by atoms with Crippen LogP contribution in [0.25, 0.3) is 0 Å². The maximum absolute atomic E-state index is 10.6. The molecule has 1 aromatic rings. The minimum absolute atomic E-state index is 0. The van der Waals surface area contributed by atoms with Crippen molar-refractivity contribution in [1.82, 2.24) is 0 Å². The predicted molar refractivity (Wildman–Crippen MR) is 54.9 cm³/mol. The molecule has 1 rings (SSSR count). The summed E-state index contributed by atoms with van der Waals surface area (Å²) in [4.78, 5) is -0.0641.